The van der Waals surface area contributed by atoms with Gasteiger partial charge in [0.1, 0.15) is 0 Å². The topological polar surface area (TPSA) is 29.1 Å². The molecule has 0 aliphatic heterocycles. The van der Waals surface area contributed by atoms with Gasteiger partial charge in [-0.05, 0) is 21.3 Å². The molecule has 0 saturated heterocycles. The van der Waals surface area contributed by atoms with Crippen LogP contribution in [0.3, 0.4) is 0 Å². The molecule has 2 nitrogen and oxygen atoms in total. The van der Waals surface area contributed by atoms with E-state index in [1.165, 1.54) is 25.7 Å². The van der Waals surface area contributed by atoms with E-state index in [0.717, 1.165) is 6.42 Å². The highest BCUT2D eigenvalue weighted by Crippen LogP contribution is 2.23. The maximum Gasteiger partial charge on any atom is 0.150 e. The molecule has 0 spiro atoms. The Bertz CT molecular complexity index is 288. The van der Waals surface area contributed by atoms with E-state index in [1.807, 2.05) is 18.4 Å². The third-order valence-corrected chi connectivity index (χ3v) is 4.49. The van der Waals surface area contributed by atoms with Crippen molar-refractivity contribution >= 4 is 49.6 Å². The zero-order chi connectivity index (χ0) is 11.1. The van der Waals surface area contributed by atoms with Gasteiger partial charge in [-0.15, -0.1) is 11.3 Å². The van der Waals surface area contributed by atoms with Crippen LogP contribution in [0.25, 0.3) is 0 Å². The smallest absolute Gasteiger partial charge is 0.150 e. The molecule has 1 rings (SSSR count). The SMILES string of the molecule is CCC(=O)[C@H](Cc1cccs1)NSSS. The molecule has 0 radical (unpaired) electrons. The predicted molar refractivity (Wildman–Crippen MR) is 74.4 cm³/mol. The molecule has 0 saturated carbocycles. The van der Waals surface area contributed by atoms with Gasteiger partial charge in [-0.1, -0.05) is 24.7 Å². The normalized spacial score (nSPS) is 12.7. The number of ketones is 1. The van der Waals surface area contributed by atoms with E-state index in [1.54, 1.807) is 11.3 Å². The van der Waals surface area contributed by atoms with Crippen molar-refractivity contribution < 1.29 is 4.79 Å². The van der Waals surface area contributed by atoms with E-state index >= 15 is 0 Å². The molecule has 0 unspecified atom stereocenters. The molecule has 15 heavy (non-hydrogen) atoms. The summed E-state index contributed by atoms with van der Waals surface area (Å²) in [5.74, 6) is 0.248. The summed E-state index contributed by atoms with van der Waals surface area (Å²) in [5, 5.41) is 2.03. The van der Waals surface area contributed by atoms with Gasteiger partial charge in [0.2, 0.25) is 0 Å². The van der Waals surface area contributed by atoms with Crippen LogP contribution >= 0.6 is 43.8 Å². The van der Waals surface area contributed by atoms with Gasteiger partial charge in [-0.25, -0.2) is 4.72 Å². The fraction of sp³-hybridized carbons (Fsp3) is 0.444. The van der Waals surface area contributed by atoms with Crippen LogP contribution in [-0.2, 0) is 11.2 Å². The first kappa shape index (κ1) is 13.4. The molecular weight excluding hydrogens is 266 g/mol. The van der Waals surface area contributed by atoms with Gasteiger partial charge < -0.3 is 0 Å². The van der Waals surface area contributed by atoms with Gasteiger partial charge in [-0.2, -0.15) is 0 Å². The number of thiophene rings is 1. The Labute approximate surface area is 107 Å². The summed E-state index contributed by atoms with van der Waals surface area (Å²) in [6.45, 7) is 1.89. The van der Waals surface area contributed by atoms with Crippen LogP contribution in [0, 0.1) is 0 Å². The first-order valence-corrected chi connectivity index (χ1v) is 8.63. The van der Waals surface area contributed by atoms with E-state index in [4.69, 9.17) is 0 Å². The van der Waals surface area contributed by atoms with Crippen molar-refractivity contribution in [1.82, 2.24) is 4.72 Å². The van der Waals surface area contributed by atoms with Crippen molar-refractivity contribution in [2.45, 2.75) is 25.8 Å². The summed E-state index contributed by atoms with van der Waals surface area (Å²) in [4.78, 5) is 12.9. The molecule has 0 aliphatic rings. The summed E-state index contributed by atoms with van der Waals surface area (Å²) >= 11 is 5.70. The van der Waals surface area contributed by atoms with E-state index in [-0.39, 0.29) is 11.8 Å². The van der Waals surface area contributed by atoms with Crippen molar-refractivity contribution in [3.63, 3.8) is 0 Å². The van der Waals surface area contributed by atoms with Crippen molar-refractivity contribution in [1.29, 1.82) is 0 Å². The van der Waals surface area contributed by atoms with Crippen molar-refractivity contribution in [2.24, 2.45) is 0 Å². The third kappa shape index (κ3) is 4.82. The van der Waals surface area contributed by atoms with Gasteiger partial charge in [0.25, 0.3) is 0 Å². The molecule has 0 bridgehead atoms. The van der Waals surface area contributed by atoms with E-state index in [9.17, 15) is 4.79 Å². The second kappa shape index (κ2) is 7.62. The minimum absolute atomic E-state index is 0.0988. The summed E-state index contributed by atoms with van der Waals surface area (Å²) in [5.41, 5.74) is 0. The third-order valence-electron chi connectivity index (χ3n) is 1.95. The fourth-order valence-electron chi connectivity index (χ4n) is 1.18. The number of carbonyl (C=O) groups is 1. The molecule has 0 aromatic carbocycles. The number of thiol groups is 1. The lowest BCUT2D eigenvalue weighted by Crippen LogP contribution is -2.33. The Morgan fingerprint density at radius 3 is 3.07 bits per heavy atom. The monoisotopic (exact) mass is 279 g/mol. The second-order valence-corrected chi connectivity index (χ2v) is 6.80. The molecule has 1 aromatic rings. The Balaban J connectivity index is 2.52. The fourth-order valence-corrected chi connectivity index (χ4v) is 3.17. The quantitative estimate of drug-likeness (QED) is 0.455. The van der Waals surface area contributed by atoms with Crippen LogP contribution in [0.1, 0.15) is 18.2 Å². The Kier molecular flexibility index (Phi) is 6.83. The maximum absolute atomic E-state index is 11.6. The van der Waals surface area contributed by atoms with Crippen LogP contribution in [0.5, 0.6) is 0 Å². The zero-order valence-electron chi connectivity index (χ0n) is 8.30. The number of Topliss-reactive ketones (excluding diaryl/α,β-unsaturated/α-hetero) is 1. The Hall–Kier alpha value is 0.380. The minimum Gasteiger partial charge on any atom is -0.298 e. The number of carbonyl (C=O) groups excluding carboxylic acids is 1. The van der Waals surface area contributed by atoms with Gasteiger partial charge in [0.15, 0.2) is 5.78 Å². The van der Waals surface area contributed by atoms with Crippen LogP contribution in [-0.4, -0.2) is 11.8 Å². The van der Waals surface area contributed by atoms with E-state index in [2.05, 4.69) is 22.4 Å². The molecule has 6 heteroatoms. The lowest BCUT2D eigenvalue weighted by Gasteiger charge is -2.13. The minimum atomic E-state index is -0.0988. The molecule has 1 N–H and O–H groups in total. The van der Waals surface area contributed by atoms with E-state index < -0.39 is 0 Å². The van der Waals surface area contributed by atoms with E-state index in [0.29, 0.717) is 6.42 Å². The molecular formula is C9H13NOS4. The van der Waals surface area contributed by atoms with Gasteiger partial charge in [-0.3, -0.25) is 4.79 Å². The molecule has 0 fully saturated rings. The summed E-state index contributed by atoms with van der Waals surface area (Å²) in [6, 6.07) is 3.97. The maximum atomic E-state index is 11.6. The molecule has 1 heterocycles. The molecule has 0 aliphatic carbocycles. The van der Waals surface area contributed by atoms with Crippen LogP contribution < -0.4 is 4.72 Å². The second-order valence-electron chi connectivity index (χ2n) is 2.93. The summed E-state index contributed by atoms with van der Waals surface area (Å²) in [6.07, 6.45) is 1.34. The molecule has 1 aromatic heterocycles. The first-order valence-electron chi connectivity index (χ1n) is 4.55. The number of hydrogen-bond acceptors (Lipinski definition) is 6. The lowest BCUT2D eigenvalue weighted by molar-refractivity contribution is -0.120. The number of hydrogen-bond donors (Lipinski definition) is 2. The molecule has 84 valence electrons. The van der Waals surface area contributed by atoms with Crippen molar-refractivity contribution in [3.8, 4) is 0 Å². The Morgan fingerprint density at radius 1 is 1.73 bits per heavy atom. The van der Waals surface area contributed by atoms with Crippen LogP contribution in [0.15, 0.2) is 17.5 Å². The van der Waals surface area contributed by atoms with Crippen LogP contribution in [0.2, 0.25) is 0 Å². The summed E-state index contributed by atoms with van der Waals surface area (Å²) in [7, 11) is 2.72. The largest absolute Gasteiger partial charge is 0.298 e. The highest BCUT2D eigenvalue weighted by atomic mass is 33.5. The first-order chi connectivity index (χ1) is 7.27. The highest BCUT2D eigenvalue weighted by Gasteiger charge is 2.17. The highest BCUT2D eigenvalue weighted by molar-refractivity contribution is 9.05. The molecule has 0 amide bonds. The zero-order valence-corrected chi connectivity index (χ0v) is 11.6. The van der Waals surface area contributed by atoms with Gasteiger partial charge in [0.05, 0.1) is 6.04 Å². The van der Waals surface area contributed by atoms with Crippen LogP contribution in [0.4, 0.5) is 0 Å². The molecule has 1 atom stereocenters. The predicted octanol–water partition coefficient (Wildman–Crippen LogP) is 3.37. The van der Waals surface area contributed by atoms with Crippen molar-refractivity contribution in [3.05, 3.63) is 22.4 Å². The average molecular weight is 279 g/mol. The lowest BCUT2D eigenvalue weighted by atomic mass is 10.1. The van der Waals surface area contributed by atoms with Gasteiger partial charge in [0, 0.05) is 28.7 Å². The number of rotatable bonds is 7. The number of nitrogens with one attached hydrogen (secondary N) is 1. The standard InChI is InChI=1S/C9H13NOS4/c1-2-9(11)8(10-14-15-12)6-7-4-3-5-13-7/h3-5,8,10,12H,2,6H2,1H3/t8-/m0/s1. The van der Waals surface area contributed by atoms with Gasteiger partial charge >= 0.3 is 0 Å². The average Bonchev–Trinajstić information content (AvgIpc) is 2.75. The Morgan fingerprint density at radius 2 is 2.53 bits per heavy atom. The summed E-state index contributed by atoms with van der Waals surface area (Å²) < 4.78 is 3.12. The van der Waals surface area contributed by atoms with Crippen molar-refractivity contribution in [2.75, 3.05) is 0 Å².